The lowest BCUT2D eigenvalue weighted by molar-refractivity contribution is 0.300. The number of ether oxygens (including phenoxy) is 1. The minimum absolute atomic E-state index is 0.606. The molecule has 2 rings (SSSR count). The molecule has 0 radical (unpaired) electrons. The number of rotatable bonds is 7. The zero-order valence-electron chi connectivity index (χ0n) is 11.5. The predicted molar refractivity (Wildman–Crippen MR) is 79.6 cm³/mol. The molecule has 0 bridgehead atoms. The summed E-state index contributed by atoms with van der Waals surface area (Å²) < 4.78 is 5.87. The number of nitrogens with one attached hydrogen (secondary N) is 1. The Balaban J connectivity index is 2.01. The second kappa shape index (κ2) is 7.26. The number of thiophene rings is 1. The van der Waals surface area contributed by atoms with Gasteiger partial charge in [0.2, 0.25) is 0 Å². The van der Waals surface area contributed by atoms with Crippen molar-refractivity contribution in [2.75, 3.05) is 6.54 Å². The van der Waals surface area contributed by atoms with Crippen LogP contribution in [0.15, 0.2) is 29.0 Å². The highest BCUT2D eigenvalue weighted by molar-refractivity contribution is 7.07. The van der Waals surface area contributed by atoms with E-state index in [4.69, 9.17) is 4.74 Å². The van der Waals surface area contributed by atoms with Crippen LogP contribution >= 0.6 is 11.3 Å². The lowest BCUT2D eigenvalue weighted by atomic mass is 10.2. The van der Waals surface area contributed by atoms with E-state index in [1.807, 2.05) is 19.1 Å². The second-order valence-electron chi connectivity index (χ2n) is 4.49. The van der Waals surface area contributed by atoms with E-state index >= 15 is 0 Å². The molecule has 0 saturated carbocycles. The predicted octanol–water partition coefficient (Wildman–Crippen LogP) is 3.53. The van der Waals surface area contributed by atoms with E-state index in [-0.39, 0.29) is 0 Å². The van der Waals surface area contributed by atoms with E-state index in [0.717, 1.165) is 36.6 Å². The lowest BCUT2D eigenvalue weighted by Gasteiger charge is -2.11. The van der Waals surface area contributed by atoms with Gasteiger partial charge in [0, 0.05) is 12.2 Å². The van der Waals surface area contributed by atoms with E-state index in [0.29, 0.717) is 6.61 Å². The molecule has 0 aromatic carbocycles. The third-order valence-corrected chi connectivity index (χ3v) is 3.50. The zero-order valence-corrected chi connectivity index (χ0v) is 12.3. The molecule has 0 spiro atoms. The van der Waals surface area contributed by atoms with Crippen molar-refractivity contribution in [2.24, 2.45) is 0 Å². The van der Waals surface area contributed by atoms with Crippen LogP contribution in [0.2, 0.25) is 0 Å². The van der Waals surface area contributed by atoms with Gasteiger partial charge >= 0.3 is 0 Å². The van der Waals surface area contributed by atoms with E-state index in [1.165, 1.54) is 5.56 Å². The van der Waals surface area contributed by atoms with Gasteiger partial charge in [-0.05, 0) is 54.4 Å². The molecule has 0 aliphatic carbocycles. The van der Waals surface area contributed by atoms with Crippen LogP contribution in [-0.2, 0) is 13.2 Å². The fraction of sp³-hybridized carbons (Fsp3) is 0.400. The van der Waals surface area contributed by atoms with Gasteiger partial charge in [-0.1, -0.05) is 6.92 Å². The highest BCUT2D eigenvalue weighted by atomic mass is 32.1. The molecule has 2 aromatic rings. The van der Waals surface area contributed by atoms with Crippen molar-refractivity contribution >= 4 is 11.3 Å². The zero-order chi connectivity index (χ0) is 13.5. The molecule has 2 heterocycles. The number of hydrogen-bond donors (Lipinski definition) is 1. The first-order chi connectivity index (χ1) is 9.29. The van der Waals surface area contributed by atoms with Crippen molar-refractivity contribution < 1.29 is 4.74 Å². The second-order valence-corrected chi connectivity index (χ2v) is 5.27. The molecule has 0 saturated heterocycles. The summed E-state index contributed by atoms with van der Waals surface area (Å²) in [6.07, 6.45) is 1.12. The van der Waals surface area contributed by atoms with Crippen molar-refractivity contribution in [3.05, 3.63) is 45.9 Å². The Kier molecular flexibility index (Phi) is 5.36. The highest BCUT2D eigenvalue weighted by Gasteiger charge is 2.06. The maximum atomic E-state index is 5.87. The SMILES string of the molecule is CCCNCc1nc(C)ccc1OCc1ccsc1. The largest absolute Gasteiger partial charge is 0.487 e. The van der Waals surface area contributed by atoms with Gasteiger partial charge in [0.1, 0.15) is 12.4 Å². The quantitative estimate of drug-likeness (QED) is 0.786. The Morgan fingerprint density at radius 2 is 2.21 bits per heavy atom. The van der Waals surface area contributed by atoms with Crippen molar-refractivity contribution in [3.63, 3.8) is 0 Å². The van der Waals surface area contributed by atoms with Crippen molar-refractivity contribution in [1.29, 1.82) is 0 Å². The summed E-state index contributed by atoms with van der Waals surface area (Å²) in [6, 6.07) is 6.09. The summed E-state index contributed by atoms with van der Waals surface area (Å²) in [5.74, 6) is 0.875. The molecule has 0 aliphatic heterocycles. The number of pyridine rings is 1. The third-order valence-electron chi connectivity index (χ3n) is 2.77. The van der Waals surface area contributed by atoms with Crippen molar-refractivity contribution in [1.82, 2.24) is 10.3 Å². The van der Waals surface area contributed by atoms with E-state index < -0.39 is 0 Å². The van der Waals surface area contributed by atoms with Crippen LogP contribution in [0.5, 0.6) is 5.75 Å². The fourth-order valence-corrected chi connectivity index (χ4v) is 2.43. The highest BCUT2D eigenvalue weighted by Crippen LogP contribution is 2.19. The monoisotopic (exact) mass is 276 g/mol. The average Bonchev–Trinajstić information content (AvgIpc) is 2.91. The minimum Gasteiger partial charge on any atom is -0.487 e. The van der Waals surface area contributed by atoms with E-state index in [2.05, 4.69) is 34.1 Å². The van der Waals surface area contributed by atoms with E-state index in [9.17, 15) is 0 Å². The summed E-state index contributed by atoms with van der Waals surface area (Å²) in [5.41, 5.74) is 3.22. The first kappa shape index (κ1) is 14.0. The summed E-state index contributed by atoms with van der Waals surface area (Å²) in [6.45, 7) is 6.53. The molecule has 0 unspecified atom stereocenters. The van der Waals surface area contributed by atoms with Gasteiger partial charge in [0.25, 0.3) is 0 Å². The number of aryl methyl sites for hydroxylation is 1. The minimum atomic E-state index is 0.606. The molecule has 0 atom stereocenters. The Hall–Kier alpha value is -1.39. The molecule has 3 nitrogen and oxygen atoms in total. The summed E-state index contributed by atoms with van der Waals surface area (Å²) in [4.78, 5) is 4.56. The first-order valence-corrected chi connectivity index (χ1v) is 7.55. The normalized spacial score (nSPS) is 10.6. The molecule has 0 fully saturated rings. The summed E-state index contributed by atoms with van der Waals surface area (Å²) >= 11 is 1.69. The van der Waals surface area contributed by atoms with Crippen molar-refractivity contribution in [3.8, 4) is 5.75 Å². The van der Waals surface area contributed by atoms with Crippen LogP contribution in [0.25, 0.3) is 0 Å². The van der Waals surface area contributed by atoms with Gasteiger partial charge in [0.05, 0.1) is 5.69 Å². The Morgan fingerprint density at radius 3 is 2.95 bits per heavy atom. The number of aromatic nitrogens is 1. The standard InChI is InChI=1S/C15H20N2OS/c1-3-7-16-9-14-15(5-4-12(2)17-14)18-10-13-6-8-19-11-13/h4-6,8,11,16H,3,7,9-10H2,1-2H3. The van der Waals surface area contributed by atoms with Crippen LogP contribution in [0.1, 0.15) is 30.3 Å². The van der Waals surface area contributed by atoms with Gasteiger partial charge in [-0.3, -0.25) is 4.98 Å². The molecule has 102 valence electrons. The first-order valence-electron chi connectivity index (χ1n) is 6.60. The molecule has 0 aliphatic rings. The molecule has 2 aromatic heterocycles. The molecule has 0 amide bonds. The van der Waals surface area contributed by atoms with Gasteiger partial charge < -0.3 is 10.1 Å². The summed E-state index contributed by atoms with van der Waals surface area (Å²) in [5, 5.41) is 7.54. The molecular formula is C15H20N2OS. The molecule has 19 heavy (non-hydrogen) atoms. The fourth-order valence-electron chi connectivity index (χ4n) is 1.78. The van der Waals surface area contributed by atoms with Gasteiger partial charge in [0.15, 0.2) is 0 Å². The Labute approximate surface area is 118 Å². The van der Waals surface area contributed by atoms with Crippen LogP contribution in [0, 0.1) is 6.92 Å². The third kappa shape index (κ3) is 4.33. The average molecular weight is 276 g/mol. The molecular weight excluding hydrogens is 256 g/mol. The maximum Gasteiger partial charge on any atom is 0.142 e. The van der Waals surface area contributed by atoms with Gasteiger partial charge in [-0.2, -0.15) is 11.3 Å². The maximum absolute atomic E-state index is 5.87. The number of nitrogens with zero attached hydrogens (tertiary/aromatic N) is 1. The van der Waals surface area contributed by atoms with Crippen LogP contribution in [-0.4, -0.2) is 11.5 Å². The topological polar surface area (TPSA) is 34.2 Å². The van der Waals surface area contributed by atoms with Crippen molar-refractivity contribution in [2.45, 2.75) is 33.4 Å². The summed E-state index contributed by atoms with van der Waals surface area (Å²) in [7, 11) is 0. The Morgan fingerprint density at radius 1 is 1.32 bits per heavy atom. The number of hydrogen-bond acceptors (Lipinski definition) is 4. The lowest BCUT2D eigenvalue weighted by Crippen LogP contribution is -2.16. The van der Waals surface area contributed by atoms with Crippen LogP contribution < -0.4 is 10.1 Å². The van der Waals surface area contributed by atoms with Gasteiger partial charge in [-0.25, -0.2) is 0 Å². The molecule has 4 heteroatoms. The Bertz CT molecular complexity index is 497. The smallest absolute Gasteiger partial charge is 0.142 e. The van der Waals surface area contributed by atoms with Crippen LogP contribution in [0.4, 0.5) is 0 Å². The van der Waals surface area contributed by atoms with E-state index in [1.54, 1.807) is 11.3 Å². The van der Waals surface area contributed by atoms with Crippen LogP contribution in [0.3, 0.4) is 0 Å². The van der Waals surface area contributed by atoms with Gasteiger partial charge in [-0.15, -0.1) is 0 Å². The molecule has 1 N–H and O–H groups in total.